The summed E-state index contributed by atoms with van der Waals surface area (Å²) in [7, 11) is 0. The summed E-state index contributed by atoms with van der Waals surface area (Å²) in [5.41, 5.74) is 24.1. The second kappa shape index (κ2) is 59.0. The average molecular weight is 1960 g/mol. The number of hydrogen-bond acceptors (Lipinski definition) is 8. The first-order valence-electron chi connectivity index (χ1n) is 57.9. The average Bonchev–Trinajstić information content (AvgIpc) is 0.780. The minimum atomic E-state index is 0.457. The van der Waals surface area contributed by atoms with Crippen LogP contribution < -0.4 is 48.4 Å². The molecular weight excluding hydrogens is 1750 g/mol. The molecule has 784 valence electrons. The highest BCUT2D eigenvalue weighted by molar-refractivity contribution is 6.19. The van der Waals surface area contributed by atoms with E-state index in [1.165, 1.54) is 148 Å². The Bertz CT molecular complexity index is 5080. The molecule has 0 fully saturated rings. The molecule has 0 saturated heterocycles. The third kappa shape index (κ3) is 30.1. The molecule has 144 heavy (non-hydrogen) atoms. The van der Waals surface area contributed by atoms with Crippen molar-refractivity contribution in [3.8, 4) is 0 Å². The van der Waals surface area contributed by atoms with Crippen molar-refractivity contribution in [1.29, 1.82) is 0 Å². The maximum absolute atomic E-state index is 2.67. The molecule has 0 N–H and O–H groups in total. The molecule has 0 saturated carbocycles. The molecule has 0 radical (unpaired) electrons. The maximum atomic E-state index is 2.67. The summed E-state index contributed by atoms with van der Waals surface area (Å²) < 4.78 is 10.2. The molecule has 16 unspecified atom stereocenters. The summed E-state index contributed by atoms with van der Waals surface area (Å²) in [6, 6.07) is 82.3. The normalized spacial score (nSPS) is 15.8. The van der Waals surface area contributed by atoms with Crippen LogP contribution in [0.3, 0.4) is 0 Å². The quantitative estimate of drug-likeness (QED) is 0.0276. The highest BCUT2D eigenvalue weighted by atomic mass is 15.2. The van der Waals surface area contributed by atoms with Gasteiger partial charge in [-0.25, -0.2) is 9.15 Å². The zero-order chi connectivity index (χ0) is 105. The Morgan fingerprint density at radius 2 is 0.306 bits per heavy atom. The fourth-order valence-electron chi connectivity index (χ4n) is 23.1. The van der Waals surface area contributed by atoms with Gasteiger partial charge in [0.05, 0.1) is 0 Å². The van der Waals surface area contributed by atoms with E-state index in [9.17, 15) is 0 Å². The van der Waals surface area contributed by atoms with Gasteiger partial charge in [0.25, 0.3) is 0 Å². The molecule has 0 amide bonds. The molecule has 10 rings (SSSR count). The van der Waals surface area contributed by atoms with E-state index in [4.69, 9.17) is 0 Å². The van der Waals surface area contributed by atoms with Gasteiger partial charge < -0.3 is 39.2 Å². The molecule has 0 bridgehead atoms. The van der Waals surface area contributed by atoms with Gasteiger partial charge in [0.15, 0.2) is 24.2 Å². The van der Waals surface area contributed by atoms with Crippen molar-refractivity contribution in [2.45, 2.75) is 472 Å². The minimum absolute atomic E-state index is 0.457. The van der Waals surface area contributed by atoms with Crippen LogP contribution in [0.1, 0.15) is 376 Å². The third-order valence-corrected chi connectivity index (χ3v) is 32.0. The van der Waals surface area contributed by atoms with Crippen LogP contribution in [0.4, 0.5) is 91.0 Å². The van der Waals surface area contributed by atoms with E-state index in [1.54, 1.807) is 0 Å². The molecule has 2 aliphatic rings. The fourth-order valence-corrected chi connectivity index (χ4v) is 23.1. The summed E-state index contributed by atoms with van der Waals surface area (Å²) >= 11 is 0. The van der Waals surface area contributed by atoms with Crippen LogP contribution in [0.15, 0.2) is 243 Å². The van der Waals surface area contributed by atoms with Crippen molar-refractivity contribution in [2.75, 3.05) is 39.2 Å². The third-order valence-electron chi connectivity index (χ3n) is 32.0. The van der Waals surface area contributed by atoms with E-state index in [0.717, 1.165) is 120 Å². The zero-order valence-electron chi connectivity index (χ0n) is 96.7. The zero-order valence-corrected chi connectivity index (χ0v) is 96.7. The lowest BCUT2D eigenvalue weighted by Gasteiger charge is -2.38. The molecule has 0 spiro atoms. The first-order chi connectivity index (χ1) is 69.4. The van der Waals surface area contributed by atoms with Gasteiger partial charge in [-0.15, -0.1) is 0 Å². The summed E-state index contributed by atoms with van der Waals surface area (Å²) in [5.74, 6) is 0. The first-order valence-corrected chi connectivity index (χ1v) is 57.9. The van der Waals surface area contributed by atoms with Gasteiger partial charge in [-0.1, -0.05) is 149 Å². The smallest absolute Gasteiger partial charge is 0.212 e. The van der Waals surface area contributed by atoms with Gasteiger partial charge in [0, 0.05) is 264 Å². The van der Waals surface area contributed by atoms with Crippen LogP contribution in [0.25, 0.3) is 0 Å². The number of anilines is 12. The summed E-state index contributed by atoms with van der Waals surface area (Å²) in [6.45, 7) is 74.9. The van der Waals surface area contributed by atoms with E-state index in [2.05, 4.69) is 522 Å². The standard InChI is InChI=1S/C70H108N6.C62H92N6/c1-17-25-53(9)71(54(10)26-18-2)61-33-41-65(42-34-61)75(66-43-35-62(36-44-66)72(55(11)27-19-3)56(12)28-20-4)69-49-51-70(52-50-69)76(67-45-37-63(38-46-67)73(57(13)29-21-5)58(14)30-22-6)68-47-39-64(40-48-68)74(59(15)31-23-7)60(16)32-24-8;1-17-45(9)63(46(10)18-2)53-25-33-57(34-26-53)67(58-35-27-54(28-36-58)64(47(11)19-3)48(12)20-4)61-41-43-62(44-42-61)68(59-37-29-55(30-38-59)65(49(13)21-5)50(14)22-6)60-39-31-56(32-40-60)66(51(15)23-7)52(16)24-8/h33-60H,17-32H2,1-16H3;25-52H,17-24H2,1-16H3/q2*+2. The lowest BCUT2D eigenvalue weighted by atomic mass is 10.0. The molecule has 0 aromatic heterocycles. The Morgan fingerprint density at radius 3 is 0.472 bits per heavy atom. The number of nitrogens with zero attached hydrogens (tertiary/aromatic N) is 12. The van der Waals surface area contributed by atoms with Crippen LogP contribution in [-0.2, 0) is 0 Å². The van der Waals surface area contributed by atoms with Crippen molar-refractivity contribution < 1.29 is 9.15 Å². The van der Waals surface area contributed by atoms with Crippen molar-refractivity contribution in [3.05, 3.63) is 243 Å². The Labute approximate surface area is 880 Å². The summed E-state index contributed by atoms with van der Waals surface area (Å²) in [6.07, 6.45) is 46.5. The lowest BCUT2D eigenvalue weighted by Crippen LogP contribution is -2.40. The topological polar surface area (TPSA) is 38.0 Å². The van der Waals surface area contributed by atoms with Crippen molar-refractivity contribution in [2.24, 2.45) is 0 Å². The second-order valence-electron chi connectivity index (χ2n) is 42.9. The van der Waals surface area contributed by atoms with Crippen LogP contribution in [0.5, 0.6) is 0 Å². The molecule has 8 aromatic carbocycles. The minimum Gasteiger partial charge on any atom is -0.366 e. The van der Waals surface area contributed by atoms with Gasteiger partial charge in [-0.2, -0.15) is 9.15 Å². The van der Waals surface area contributed by atoms with Crippen molar-refractivity contribution in [3.63, 3.8) is 0 Å². The second-order valence-corrected chi connectivity index (χ2v) is 42.9. The Balaban J connectivity index is 0.000000323. The molecule has 0 heterocycles. The predicted octanol–water partition coefficient (Wildman–Crippen LogP) is 36.8. The van der Waals surface area contributed by atoms with E-state index in [-0.39, 0.29) is 0 Å². The van der Waals surface area contributed by atoms with Gasteiger partial charge in [-0.05, 0) is 346 Å². The highest BCUT2D eigenvalue weighted by Crippen LogP contribution is 2.44. The van der Waals surface area contributed by atoms with Gasteiger partial charge in [0.1, 0.15) is 0 Å². The van der Waals surface area contributed by atoms with Crippen molar-refractivity contribution >= 4 is 114 Å². The Hall–Kier alpha value is -10.2. The predicted molar refractivity (Wildman–Crippen MR) is 643 cm³/mol. The number of allylic oxidation sites excluding steroid dienone is 8. The molecule has 2 aliphatic carbocycles. The molecule has 16 atom stereocenters. The maximum Gasteiger partial charge on any atom is 0.212 e. The number of benzene rings is 8. The monoisotopic (exact) mass is 1950 g/mol. The molecule has 12 nitrogen and oxygen atoms in total. The fraction of sp³-hybridized carbons (Fsp3) is 0.545. The van der Waals surface area contributed by atoms with E-state index < -0.39 is 0 Å². The molecule has 8 aromatic rings. The number of rotatable bonds is 56. The van der Waals surface area contributed by atoms with Crippen molar-refractivity contribution in [1.82, 2.24) is 9.15 Å². The summed E-state index contributed by atoms with van der Waals surface area (Å²) in [5, 5.41) is 0. The molecular formula is C132H200N12+4. The van der Waals surface area contributed by atoms with Crippen LogP contribution in [-0.4, -0.2) is 129 Å². The SMILES string of the molecule is CCC(C)N(c1ccc(N(c2ccc(N(C(C)CC)C(C)CC)cc2)c2ccc([N+](=C3C=CC(=[N+](C(C)CC)C(C)CC)C=C3)c3ccc(N(C(C)CC)C(C)CC)cc3)cc2)cc1)C(C)CC.CCCC(C)N(c1ccc(N(c2ccc(N(C(C)CCC)C(C)CCC)cc2)c2ccc([N+](=C3C=CC(=[N+](C(C)CCC)C(C)CCC)C=C3)c3ccc(N(C(C)CCC)C(C)CCC)cc3)cc2)cc1)C(C)CCC. The Kier molecular flexibility index (Phi) is 48.1. The van der Waals surface area contributed by atoms with Gasteiger partial charge >= 0.3 is 0 Å². The van der Waals surface area contributed by atoms with Crippen LogP contribution >= 0.6 is 0 Å². The van der Waals surface area contributed by atoms with E-state index in [0.29, 0.717) is 96.7 Å². The van der Waals surface area contributed by atoms with Crippen LogP contribution in [0, 0.1) is 0 Å². The highest BCUT2D eigenvalue weighted by Gasteiger charge is 2.34. The van der Waals surface area contributed by atoms with Gasteiger partial charge in [-0.3, -0.25) is 0 Å². The molecule has 12 heteroatoms. The van der Waals surface area contributed by atoms with E-state index in [1.807, 2.05) is 0 Å². The lowest BCUT2D eigenvalue weighted by molar-refractivity contribution is -0.595. The molecule has 0 aliphatic heterocycles. The number of hydrogen-bond donors (Lipinski definition) is 0. The summed E-state index contributed by atoms with van der Waals surface area (Å²) in [4.78, 5) is 20.7. The first kappa shape index (κ1) is 117. The van der Waals surface area contributed by atoms with Crippen LogP contribution in [0.2, 0.25) is 0 Å². The van der Waals surface area contributed by atoms with E-state index >= 15 is 0 Å². The largest absolute Gasteiger partial charge is 0.366 e. The van der Waals surface area contributed by atoms with Gasteiger partial charge in [0.2, 0.25) is 45.6 Å². The Morgan fingerprint density at radius 1 is 0.160 bits per heavy atom.